The van der Waals surface area contributed by atoms with Crippen molar-refractivity contribution in [1.29, 1.82) is 0 Å². The van der Waals surface area contributed by atoms with Crippen LogP contribution in [0.4, 0.5) is 0 Å². The van der Waals surface area contributed by atoms with E-state index in [0.717, 1.165) is 25.9 Å². The fourth-order valence-electron chi connectivity index (χ4n) is 2.19. The summed E-state index contributed by atoms with van der Waals surface area (Å²) in [4.78, 5) is 13.0. The van der Waals surface area contributed by atoms with E-state index in [0.29, 0.717) is 0 Å². The average Bonchev–Trinajstić information content (AvgIpc) is 2.92. The van der Waals surface area contributed by atoms with E-state index >= 15 is 0 Å². The molecule has 1 N–H and O–H groups in total. The number of methoxy groups -OCH3 is 1. The monoisotopic (exact) mass is 267 g/mol. The van der Waals surface area contributed by atoms with Crippen LogP contribution in [0.5, 0.6) is 0 Å². The Labute approximate surface area is 113 Å². The van der Waals surface area contributed by atoms with E-state index in [-0.39, 0.29) is 16.8 Å². The number of hydrogen-bond acceptors (Lipinski definition) is 4. The summed E-state index contributed by atoms with van der Waals surface area (Å²) < 4.78 is 4.86. The number of carbonyl (C=O) groups is 1. The van der Waals surface area contributed by atoms with Gasteiger partial charge >= 0.3 is 5.97 Å². The SMILES string of the molecule is COC(=O)C1(CNCC(C)(C)c2cccs2)CC1. The van der Waals surface area contributed by atoms with Crippen LogP contribution in [-0.4, -0.2) is 26.2 Å². The average molecular weight is 267 g/mol. The van der Waals surface area contributed by atoms with Gasteiger partial charge in [0.25, 0.3) is 0 Å². The molecule has 0 radical (unpaired) electrons. The molecule has 1 aromatic rings. The Kier molecular flexibility index (Phi) is 3.78. The number of nitrogens with one attached hydrogen (secondary N) is 1. The van der Waals surface area contributed by atoms with E-state index in [9.17, 15) is 4.79 Å². The van der Waals surface area contributed by atoms with Gasteiger partial charge in [-0.3, -0.25) is 4.79 Å². The molecular weight excluding hydrogens is 246 g/mol. The number of rotatable bonds is 6. The maximum atomic E-state index is 11.6. The molecule has 0 unspecified atom stereocenters. The van der Waals surface area contributed by atoms with Crippen molar-refractivity contribution in [1.82, 2.24) is 5.32 Å². The molecule has 1 aliphatic rings. The zero-order valence-corrected chi connectivity index (χ0v) is 12.1. The minimum atomic E-state index is -0.236. The lowest BCUT2D eigenvalue weighted by molar-refractivity contribution is -0.146. The largest absolute Gasteiger partial charge is 0.469 e. The van der Waals surface area contributed by atoms with Gasteiger partial charge in [0.2, 0.25) is 0 Å². The third-order valence-electron chi connectivity index (χ3n) is 3.69. The Morgan fingerprint density at radius 3 is 2.78 bits per heavy atom. The van der Waals surface area contributed by atoms with Crippen LogP contribution in [0, 0.1) is 5.41 Å². The number of esters is 1. The fraction of sp³-hybridized carbons (Fsp3) is 0.643. The van der Waals surface area contributed by atoms with E-state index in [2.05, 4.69) is 36.7 Å². The van der Waals surface area contributed by atoms with Crippen molar-refractivity contribution in [2.75, 3.05) is 20.2 Å². The highest BCUT2D eigenvalue weighted by Crippen LogP contribution is 2.46. The lowest BCUT2D eigenvalue weighted by Crippen LogP contribution is -2.38. The summed E-state index contributed by atoms with van der Waals surface area (Å²) in [6, 6.07) is 4.25. The molecule has 0 spiro atoms. The van der Waals surface area contributed by atoms with Crippen LogP contribution in [0.2, 0.25) is 0 Å². The van der Waals surface area contributed by atoms with Crippen LogP contribution in [0.25, 0.3) is 0 Å². The molecule has 0 amide bonds. The van der Waals surface area contributed by atoms with Crippen molar-refractivity contribution in [2.45, 2.75) is 32.1 Å². The minimum absolute atomic E-state index is 0.0658. The minimum Gasteiger partial charge on any atom is -0.469 e. The van der Waals surface area contributed by atoms with Crippen LogP contribution in [0.1, 0.15) is 31.6 Å². The molecule has 18 heavy (non-hydrogen) atoms. The van der Waals surface area contributed by atoms with E-state index in [4.69, 9.17) is 4.74 Å². The molecule has 1 heterocycles. The molecule has 100 valence electrons. The second-order valence-electron chi connectivity index (χ2n) is 5.74. The Bertz CT molecular complexity index is 407. The summed E-state index contributed by atoms with van der Waals surface area (Å²) in [6.45, 7) is 6.06. The Balaban J connectivity index is 1.84. The Morgan fingerprint density at radius 1 is 1.56 bits per heavy atom. The van der Waals surface area contributed by atoms with Gasteiger partial charge in [0.05, 0.1) is 12.5 Å². The van der Waals surface area contributed by atoms with Crippen LogP contribution in [0.3, 0.4) is 0 Å². The zero-order chi connectivity index (χ0) is 13.2. The predicted octanol–water partition coefficient (Wildman–Crippen LogP) is 2.57. The van der Waals surface area contributed by atoms with Gasteiger partial charge in [-0.2, -0.15) is 0 Å². The number of thiophene rings is 1. The molecule has 1 saturated carbocycles. The third-order valence-corrected chi connectivity index (χ3v) is 4.93. The first-order valence-corrected chi connectivity index (χ1v) is 7.21. The third kappa shape index (κ3) is 2.75. The maximum absolute atomic E-state index is 11.6. The van der Waals surface area contributed by atoms with Gasteiger partial charge in [-0.05, 0) is 24.3 Å². The highest BCUT2D eigenvalue weighted by atomic mass is 32.1. The van der Waals surface area contributed by atoms with Crippen molar-refractivity contribution >= 4 is 17.3 Å². The maximum Gasteiger partial charge on any atom is 0.313 e. The molecule has 3 nitrogen and oxygen atoms in total. The molecule has 1 aromatic heterocycles. The molecule has 0 atom stereocenters. The van der Waals surface area contributed by atoms with Gasteiger partial charge in [-0.1, -0.05) is 19.9 Å². The molecule has 2 rings (SSSR count). The lowest BCUT2D eigenvalue weighted by atomic mass is 9.91. The molecular formula is C14H21NO2S. The van der Waals surface area contributed by atoms with Gasteiger partial charge in [-0.15, -0.1) is 11.3 Å². The lowest BCUT2D eigenvalue weighted by Gasteiger charge is -2.25. The first-order valence-electron chi connectivity index (χ1n) is 6.33. The van der Waals surface area contributed by atoms with E-state index in [1.54, 1.807) is 11.3 Å². The molecule has 0 aromatic carbocycles. The highest BCUT2D eigenvalue weighted by Gasteiger charge is 2.50. The summed E-state index contributed by atoms with van der Waals surface area (Å²) in [5.74, 6) is -0.0658. The van der Waals surface area contributed by atoms with Crippen LogP contribution < -0.4 is 5.32 Å². The standard InChI is InChI=1S/C14H21NO2S/c1-13(2,11-5-4-8-18-11)9-15-10-14(6-7-14)12(16)17-3/h4-5,8,15H,6-7,9-10H2,1-3H3. The van der Waals surface area contributed by atoms with Crippen molar-refractivity contribution < 1.29 is 9.53 Å². The molecule has 4 heteroatoms. The van der Waals surface area contributed by atoms with Crippen LogP contribution >= 0.6 is 11.3 Å². The Hall–Kier alpha value is -0.870. The molecule has 0 aliphatic heterocycles. The molecule has 1 fully saturated rings. The summed E-state index contributed by atoms with van der Waals surface area (Å²) in [7, 11) is 1.47. The van der Waals surface area contributed by atoms with E-state index < -0.39 is 0 Å². The van der Waals surface area contributed by atoms with Gasteiger partial charge in [-0.25, -0.2) is 0 Å². The Morgan fingerprint density at radius 2 is 2.28 bits per heavy atom. The van der Waals surface area contributed by atoms with E-state index in [1.165, 1.54) is 12.0 Å². The van der Waals surface area contributed by atoms with Crippen LogP contribution in [-0.2, 0) is 14.9 Å². The van der Waals surface area contributed by atoms with Crippen molar-refractivity contribution in [3.63, 3.8) is 0 Å². The van der Waals surface area contributed by atoms with Crippen molar-refractivity contribution in [2.24, 2.45) is 5.41 Å². The second-order valence-corrected chi connectivity index (χ2v) is 6.68. The van der Waals surface area contributed by atoms with Gasteiger partial charge < -0.3 is 10.1 Å². The second kappa shape index (κ2) is 5.02. The first-order chi connectivity index (χ1) is 8.50. The fourth-order valence-corrected chi connectivity index (χ4v) is 3.04. The van der Waals surface area contributed by atoms with Crippen molar-refractivity contribution in [3.8, 4) is 0 Å². The molecule has 0 saturated heterocycles. The first kappa shape index (κ1) is 13.6. The molecule has 1 aliphatic carbocycles. The van der Waals surface area contributed by atoms with Gasteiger partial charge in [0.15, 0.2) is 0 Å². The zero-order valence-electron chi connectivity index (χ0n) is 11.3. The summed E-state index contributed by atoms with van der Waals surface area (Å²) in [5.41, 5.74) is -0.124. The van der Waals surface area contributed by atoms with Gasteiger partial charge in [0, 0.05) is 23.4 Å². The number of ether oxygens (including phenoxy) is 1. The topological polar surface area (TPSA) is 38.3 Å². The summed E-state index contributed by atoms with van der Waals surface area (Å²) >= 11 is 1.78. The summed E-state index contributed by atoms with van der Waals surface area (Å²) in [6.07, 6.45) is 1.90. The quantitative estimate of drug-likeness (QED) is 0.805. The van der Waals surface area contributed by atoms with Gasteiger partial charge in [0.1, 0.15) is 0 Å². The smallest absolute Gasteiger partial charge is 0.313 e. The van der Waals surface area contributed by atoms with Crippen molar-refractivity contribution in [3.05, 3.63) is 22.4 Å². The normalized spacial score (nSPS) is 17.5. The number of carbonyl (C=O) groups excluding carboxylic acids is 1. The number of hydrogen-bond donors (Lipinski definition) is 1. The van der Waals surface area contributed by atoms with E-state index in [1.807, 2.05) is 0 Å². The molecule has 0 bridgehead atoms. The predicted molar refractivity (Wildman–Crippen MR) is 73.9 cm³/mol. The van der Waals surface area contributed by atoms with Crippen LogP contribution in [0.15, 0.2) is 17.5 Å². The summed E-state index contributed by atoms with van der Waals surface area (Å²) in [5, 5.41) is 5.54. The highest BCUT2D eigenvalue weighted by molar-refractivity contribution is 7.10.